The van der Waals surface area contributed by atoms with Gasteiger partial charge in [-0.2, -0.15) is 0 Å². The van der Waals surface area contributed by atoms with Gasteiger partial charge in [-0.05, 0) is 67.6 Å². The third-order valence-corrected chi connectivity index (χ3v) is 6.95. The number of carbonyl (C=O) groups excluding carboxylic acids is 1. The minimum absolute atomic E-state index is 0.149. The number of primary amides is 1. The standard InChI is InChI=1S/C26H33ClN2O4/c1-2-32-21-8-5-17(6-9-21)12-19-13-18(7-10-23(19)27)25-15-20(30)14-22(33-25)16-29-11-3-4-24(29)26(28)31/h5-10,13,20,22,24-25,30H,2-4,11-12,14-16H2,1H3,(H2,28,31). The van der Waals surface area contributed by atoms with Crippen molar-refractivity contribution in [2.24, 2.45) is 5.73 Å². The molecule has 4 unspecified atom stereocenters. The normalized spacial score (nSPS) is 25.8. The number of hydrogen-bond acceptors (Lipinski definition) is 5. The highest BCUT2D eigenvalue weighted by molar-refractivity contribution is 6.31. The van der Waals surface area contributed by atoms with E-state index in [0.717, 1.165) is 41.8 Å². The first kappa shape index (κ1) is 24.0. The highest BCUT2D eigenvalue weighted by Crippen LogP contribution is 2.35. The van der Waals surface area contributed by atoms with Crippen molar-refractivity contribution in [1.82, 2.24) is 4.90 Å². The Labute approximate surface area is 200 Å². The van der Waals surface area contributed by atoms with E-state index < -0.39 is 6.10 Å². The summed E-state index contributed by atoms with van der Waals surface area (Å²) in [5, 5.41) is 11.3. The molecule has 0 spiro atoms. The number of benzene rings is 2. The van der Waals surface area contributed by atoms with Gasteiger partial charge >= 0.3 is 0 Å². The molecule has 7 heteroatoms. The first-order valence-electron chi connectivity index (χ1n) is 11.8. The topological polar surface area (TPSA) is 85.0 Å². The van der Waals surface area contributed by atoms with E-state index >= 15 is 0 Å². The lowest BCUT2D eigenvalue weighted by Gasteiger charge is -2.36. The largest absolute Gasteiger partial charge is 0.494 e. The Balaban J connectivity index is 1.45. The fraction of sp³-hybridized carbons (Fsp3) is 0.500. The lowest BCUT2D eigenvalue weighted by atomic mass is 9.93. The predicted octanol–water partition coefficient (Wildman–Crippen LogP) is 3.86. The van der Waals surface area contributed by atoms with Crippen LogP contribution in [-0.4, -0.2) is 53.9 Å². The molecule has 0 radical (unpaired) electrons. The van der Waals surface area contributed by atoms with Crippen LogP contribution in [0.3, 0.4) is 0 Å². The second-order valence-corrected chi connectivity index (χ2v) is 9.44. The van der Waals surface area contributed by atoms with Crippen LogP contribution in [-0.2, 0) is 16.0 Å². The molecule has 0 saturated carbocycles. The van der Waals surface area contributed by atoms with Gasteiger partial charge in [0, 0.05) is 24.4 Å². The predicted molar refractivity (Wildman–Crippen MR) is 129 cm³/mol. The van der Waals surface area contributed by atoms with Crippen molar-refractivity contribution in [3.05, 3.63) is 64.2 Å². The summed E-state index contributed by atoms with van der Waals surface area (Å²) in [5.41, 5.74) is 8.74. The van der Waals surface area contributed by atoms with Crippen LogP contribution < -0.4 is 10.5 Å². The summed E-state index contributed by atoms with van der Waals surface area (Å²) in [6, 6.07) is 13.8. The van der Waals surface area contributed by atoms with Gasteiger partial charge < -0.3 is 20.3 Å². The summed E-state index contributed by atoms with van der Waals surface area (Å²) in [6.07, 6.45) is 2.73. The molecule has 2 aliphatic heterocycles. The number of likely N-dealkylation sites (tertiary alicyclic amines) is 1. The van der Waals surface area contributed by atoms with Crippen molar-refractivity contribution in [2.75, 3.05) is 19.7 Å². The molecule has 0 aliphatic carbocycles. The summed E-state index contributed by atoms with van der Waals surface area (Å²) < 4.78 is 11.9. The second kappa shape index (κ2) is 10.9. The Morgan fingerprint density at radius 1 is 1.24 bits per heavy atom. The van der Waals surface area contributed by atoms with Gasteiger partial charge in [0.05, 0.1) is 31.0 Å². The van der Waals surface area contributed by atoms with Gasteiger partial charge in [-0.3, -0.25) is 9.69 Å². The molecule has 0 bridgehead atoms. The number of carbonyl (C=O) groups is 1. The van der Waals surface area contributed by atoms with E-state index in [0.29, 0.717) is 37.4 Å². The molecule has 2 aliphatic rings. The number of hydrogen-bond donors (Lipinski definition) is 2. The van der Waals surface area contributed by atoms with Crippen molar-refractivity contribution in [2.45, 2.75) is 63.4 Å². The molecule has 0 aromatic heterocycles. The van der Waals surface area contributed by atoms with Crippen LogP contribution in [0, 0.1) is 0 Å². The maximum atomic E-state index is 11.7. The summed E-state index contributed by atoms with van der Waals surface area (Å²) in [6.45, 7) is 4.05. The van der Waals surface area contributed by atoms with Gasteiger partial charge in [-0.25, -0.2) is 0 Å². The molecule has 2 saturated heterocycles. The molecular formula is C26H33ClN2O4. The average molecular weight is 473 g/mol. The Morgan fingerprint density at radius 3 is 2.76 bits per heavy atom. The molecule has 4 rings (SSSR count). The molecule has 2 aromatic rings. The van der Waals surface area contributed by atoms with Gasteiger partial charge in [0.2, 0.25) is 5.91 Å². The smallest absolute Gasteiger partial charge is 0.234 e. The van der Waals surface area contributed by atoms with E-state index in [-0.39, 0.29) is 24.2 Å². The number of ether oxygens (including phenoxy) is 2. The first-order chi connectivity index (χ1) is 15.9. The van der Waals surface area contributed by atoms with Crippen LogP contribution in [0.25, 0.3) is 0 Å². The number of nitrogens with two attached hydrogens (primary N) is 1. The quantitative estimate of drug-likeness (QED) is 0.609. The van der Waals surface area contributed by atoms with E-state index in [2.05, 4.69) is 23.1 Å². The summed E-state index contributed by atoms with van der Waals surface area (Å²) >= 11 is 6.52. The van der Waals surface area contributed by atoms with E-state index in [1.165, 1.54) is 0 Å². The van der Waals surface area contributed by atoms with E-state index in [1.807, 2.05) is 31.2 Å². The van der Waals surface area contributed by atoms with E-state index in [4.69, 9.17) is 26.8 Å². The molecule has 2 fully saturated rings. The van der Waals surface area contributed by atoms with Crippen LogP contribution in [0.1, 0.15) is 55.4 Å². The van der Waals surface area contributed by atoms with Gasteiger partial charge in [-0.1, -0.05) is 35.9 Å². The number of nitrogens with zero attached hydrogens (tertiary/aromatic N) is 1. The molecule has 33 heavy (non-hydrogen) atoms. The SMILES string of the molecule is CCOc1ccc(Cc2cc(C3CC(O)CC(CN4CCCC4C(N)=O)O3)ccc2Cl)cc1. The Hall–Kier alpha value is -2.12. The van der Waals surface area contributed by atoms with Crippen molar-refractivity contribution in [3.63, 3.8) is 0 Å². The van der Waals surface area contributed by atoms with Crippen LogP contribution in [0.2, 0.25) is 5.02 Å². The molecule has 4 atom stereocenters. The molecule has 6 nitrogen and oxygen atoms in total. The van der Waals surface area contributed by atoms with Gasteiger partial charge in [0.1, 0.15) is 5.75 Å². The summed E-state index contributed by atoms with van der Waals surface area (Å²) in [7, 11) is 0. The molecule has 3 N–H and O–H groups in total. The second-order valence-electron chi connectivity index (χ2n) is 9.03. The molecule has 178 valence electrons. The third-order valence-electron chi connectivity index (χ3n) is 6.58. The zero-order valence-electron chi connectivity index (χ0n) is 19.1. The fourth-order valence-corrected chi connectivity index (χ4v) is 5.16. The Kier molecular flexibility index (Phi) is 7.91. The average Bonchev–Trinajstić information content (AvgIpc) is 3.25. The van der Waals surface area contributed by atoms with E-state index in [9.17, 15) is 9.90 Å². The molecule has 2 aromatic carbocycles. The van der Waals surface area contributed by atoms with Crippen molar-refractivity contribution >= 4 is 17.5 Å². The van der Waals surface area contributed by atoms with Crippen molar-refractivity contribution < 1.29 is 19.4 Å². The van der Waals surface area contributed by atoms with Crippen LogP contribution in [0.4, 0.5) is 0 Å². The number of aliphatic hydroxyl groups excluding tert-OH is 1. The summed E-state index contributed by atoms with van der Waals surface area (Å²) in [5.74, 6) is 0.574. The highest BCUT2D eigenvalue weighted by atomic mass is 35.5. The monoisotopic (exact) mass is 472 g/mol. The van der Waals surface area contributed by atoms with Crippen LogP contribution in [0.5, 0.6) is 5.75 Å². The Bertz CT molecular complexity index is 952. The first-order valence-corrected chi connectivity index (χ1v) is 12.2. The third kappa shape index (κ3) is 6.07. The van der Waals surface area contributed by atoms with Crippen molar-refractivity contribution in [1.29, 1.82) is 0 Å². The van der Waals surface area contributed by atoms with Gasteiger partial charge in [0.15, 0.2) is 0 Å². The fourth-order valence-electron chi connectivity index (χ4n) is 4.97. The lowest BCUT2D eigenvalue weighted by Crippen LogP contribution is -2.46. The number of amides is 1. The lowest BCUT2D eigenvalue weighted by molar-refractivity contribution is -0.126. The van der Waals surface area contributed by atoms with Crippen molar-refractivity contribution in [3.8, 4) is 5.75 Å². The highest BCUT2D eigenvalue weighted by Gasteiger charge is 2.35. The number of rotatable bonds is 8. The maximum Gasteiger partial charge on any atom is 0.234 e. The van der Waals surface area contributed by atoms with Gasteiger partial charge in [-0.15, -0.1) is 0 Å². The number of aliphatic hydroxyl groups is 1. The van der Waals surface area contributed by atoms with Crippen LogP contribution >= 0.6 is 11.6 Å². The zero-order chi connectivity index (χ0) is 23.4. The molecule has 1 amide bonds. The zero-order valence-corrected chi connectivity index (χ0v) is 19.8. The van der Waals surface area contributed by atoms with Crippen LogP contribution in [0.15, 0.2) is 42.5 Å². The maximum absolute atomic E-state index is 11.7. The Morgan fingerprint density at radius 2 is 2.03 bits per heavy atom. The minimum atomic E-state index is -0.450. The van der Waals surface area contributed by atoms with E-state index in [1.54, 1.807) is 0 Å². The molecular weight excluding hydrogens is 440 g/mol. The number of halogens is 1. The minimum Gasteiger partial charge on any atom is -0.494 e. The molecule has 2 heterocycles. The summed E-state index contributed by atoms with van der Waals surface area (Å²) in [4.78, 5) is 13.8. The van der Waals surface area contributed by atoms with Gasteiger partial charge in [0.25, 0.3) is 0 Å².